The zero-order valence-electron chi connectivity index (χ0n) is 33.5. The van der Waals surface area contributed by atoms with Crippen LogP contribution in [0, 0.1) is 0 Å². The van der Waals surface area contributed by atoms with E-state index in [0.717, 1.165) is 0 Å². The highest BCUT2D eigenvalue weighted by Crippen LogP contribution is 2.41. The van der Waals surface area contributed by atoms with Gasteiger partial charge in [0.15, 0.2) is 37.7 Å². The summed E-state index contributed by atoms with van der Waals surface area (Å²) in [7, 11) is 0. The minimum Gasteiger partial charge on any atom is -0.394 e. The highest BCUT2D eigenvalue weighted by molar-refractivity contribution is 5.03. The Bertz CT molecular complexity index is 1550. The molecule has 6 bridgehead atoms. The maximum Gasteiger partial charge on any atom is 0.187 e. The Kier molecular flexibility index (Phi) is 14.5. The maximum atomic E-state index is 11.5. The molecule has 9 rings (SSSR count). The van der Waals surface area contributed by atoms with Crippen molar-refractivity contribution in [1.82, 2.24) is 0 Å². The Morgan fingerprint density at radius 2 is 0.641 bits per heavy atom. The van der Waals surface area contributed by atoms with Gasteiger partial charge in [0.1, 0.15) is 146 Å². The summed E-state index contributed by atoms with van der Waals surface area (Å²) in [6, 6.07) is 0. The molecule has 0 amide bonds. The van der Waals surface area contributed by atoms with E-state index in [2.05, 4.69) is 0 Å². The molecule has 0 radical (unpaired) electrons. The zero-order chi connectivity index (χ0) is 45.5. The smallest absolute Gasteiger partial charge is 0.187 e. The first-order chi connectivity index (χ1) is 30.6. The van der Waals surface area contributed by atoms with Crippen molar-refractivity contribution < 1.29 is 138 Å². The highest BCUT2D eigenvalue weighted by Gasteiger charge is 2.61. The first-order valence-electron chi connectivity index (χ1n) is 21.0. The standard InChI is InChI=1S/C36H56O28/c37-1-7-13(40)16(43)17(44)32(55-7)60-24-11-5-52-29(24)21(48)35(58-11)64-27-15(42)9(3-39)57-34(20(27)47)62-25-12-6-53-30(25)22(49)36(59-12)63-26-14(41)8(2-38)56-33(19(26)46)61-23-10-4-51-28(23)18(45)31(50)54-10/h7-50H,1-6H2/t7-,8-,9-,10+,11+,12+,13+,14+,15+,16+,17-,18+,19-,20-,21+,22+,23-,24-,25-,26+,27+,28-,29-,30-,31-,32+,33+,34+,35+,36+/m1/s1. The summed E-state index contributed by atoms with van der Waals surface area (Å²) in [4.78, 5) is 0. The van der Waals surface area contributed by atoms with Crippen molar-refractivity contribution >= 4 is 0 Å². The van der Waals surface area contributed by atoms with Crippen LogP contribution in [-0.4, -0.2) is 295 Å². The molecule has 14 N–H and O–H groups in total. The molecule has 0 unspecified atom stereocenters. The predicted octanol–water partition coefficient (Wildman–Crippen LogP) is -11.0. The second kappa shape index (κ2) is 19.3. The van der Waals surface area contributed by atoms with E-state index in [1.807, 2.05) is 0 Å². The van der Waals surface area contributed by atoms with Gasteiger partial charge in [-0.15, -0.1) is 0 Å². The quantitative estimate of drug-likeness (QED) is 0.0815. The van der Waals surface area contributed by atoms with Crippen LogP contribution in [0.3, 0.4) is 0 Å². The van der Waals surface area contributed by atoms with Crippen LogP contribution in [0.5, 0.6) is 0 Å². The summed E-state index contributed by atoms with van der Waals surface area (Å²) in [5.74, 6) is 0. The number of aliphatic hydroxyl groups is 14. The molecule has 9 heterocycles. The lowest BCUT2D eigenvalue weighted by atomic mass is 9.96. The highest BCUT2D eigenvalue weighted by atomic mass is 16.8. The second-order valence-corrected chi connectivity index (χ2v) is 17.1. The third-order valence-electron chi connectivity index (χ3n) is 13.2. The fourth-order valence-electron chi connectivity index (χ4n) is 9.61. The number of aliphatic hydroxyl groups excluding tert-OH is 14. The fourth-order valence-corrected chi connectivity index (χ4v) is 9.61. The van der Waals surface area contributed by atoms with E-state index in [1.54, 1.807) is 0 Å². The van der Waals surface area contributed by atoms with Gasteiger partial charge in [-0.05, 0) is 0 Å². The van der Waals surface area contributed by atoms with Gasteiger partial charge < -0.3 is 138 Å². The molecule has 0 saturated carbocycles. The molecule has 0 aliphatic carbocycles. The van der Waals surface area contributed by atoms with Crippen molar-refractivity contribution in [3.05, 3.63) is 0 Å². The van der Waals surface area contributed by atoms with Crippen LogP contribution in [0.2, 0.25) is 0 Å². The van der Waals surface area contributed by atoms with Gasteiger partial charge in [0.2, 0.25) is 0 Å². The topological polar surface area (TPSA) is 412 Å². The van der Waals surface area contributed by atoms with Gasteiger partial charge in [0.05, 0.1) is 39.6 Å². The Morgan fingerprint density at radius 1 is 0.312 bits per heavy atom. The minimum atomic E-state index is -1.87. The number of ether oxygens (including phenoxy) is 14. The molecule has 28 nitrogen and oxygen atoms in total. The van der Waals surface area contributed by atoms with Gasteiger partial charge in [0.25, 0.3) is 0 Å². The molecule has 9 saturated heterocycles. The van der Waals surface area contributed by atoms with E-state index in [1.165, 1.54) is 0 Å². The third kappa shape index (κ3) is 8.54. The van der Waals surface area contributed by atoms with Gasteiger partial charge in [-0.2, -0.15) is 0 Å². The van der Waals surface area contributed by atoms with Gasteiger partial charge >= 0.3 is 0 Å². The number of fused-ring (bicyclic) bond motifs is 6. The van der Waals surface area contributed by atoms with E-state index in [4.69, 9.17) is 66.3 Å². The van der Waals surface area contributed by atoms with Crippen LogP contribution in [0.25, 0.3) is 0 Å². The second-order valence-electron chi connectivity index (χ2n) is 17.1. The van der Waals surface area contributed by atoms with E-state index in [9.17, 15) is 71.5 Å². The van der Waals surface area contributed by atoms with Crippen LogP contribution in [0.15, 0.2) is 0 Å². The van der Waals surface area contributed by atoms with Crippen molar-refractivity contribution in [2.75, 3.05) is 39.6 Å². The van der Waals surface area contributed by atoms with Crippen LogP contribution >= 0.6 is 0 Å². The molecule has 64 heavy (non-hydrogen) atoms. The van der Waals surface area contributed by atoms with Gasteiger partial charge in [-0.25, -0.2) is 0 Å². The summed E-state index contributed by atoms with van der Waals surface area (Å²) in [5, 5.41) is 149. The lowest BCUT2D eigenvalue weighted by Gasteiger charge is -2.48. The normalized spacial score (nSPS) is 57.3. The summed E-state index contributed by atoms with van der Waals surface area (Å²) in [5.41, 5.74) is 0. The van der Waals surface area contributed by atoms with Gasteiger partial charge in [-0.3, -0.25) is 0 Å². The first kappa shape index (κ1) is 47.9. The summed E-state index contributed by atoms with van der Waals surface area (Å²) in [6.07, 6.45) is -44.2. The lowest BCUT2D eigenvalue weighted by molar-refractivity contribution is -0.380. The van der Waals surface area contributed by atoms with Crippen LogP contribution in [0.1, 0.15) is 0 Å². The maximum absolute atomic E-state index is 11.5. The molecule has 9 fully saturated rings. The van der Waals surface area contributed by atoms with Gasteiger partial charge in [0, 0.05) is 0 Å². The average Bonchev–Trinajstić information content (AvgIpc) is 3.89. The van der Waals surface area contributed by atoms with Gasteiger partial charge in [-0.1, -0.05) is 0 Å². The predicted molar refractivity (Wildman–Crippen MR) is 189 cm³/mol. The van der Waals surface area contributed by atoms with Crippen molar-refractivity contribution in [2.45, 2.75) is 184 Å². The number of rotatable bonds is 13. The number of hydrogen-bond acceptors (Lipinski definition) is 28. The SMILES string of the molecule is OC[C@H]1O[C@@H](O[C@H]2[C@@H]3OC[C@@H]2O[C@@H](O[C@H]2[C@@H](O)[C@@H](CO)O[C@@H](O[C@H]4[C@@H]5OC[C@@H]4O[C@@H](O[C@H]4[C@@H](O)[C@@H](CO)O[C@@H](O[C@H]6[C@@H]7OC[C@@H]6O[C@@H](O)[C@H]7O)[C@@H]4O)[C@H]5O)[C@@H]2O)[C@H]3O)[C@H](O)[C@@H](O)[C@H]1O. The summed E-state index contributed by atoms with van der Waals surface area (Å²) < 4.78 is 80.4. The third-order valence-corrected chi connectivity index (χ3v) is 13.2. The molecule has 28 heteroatoms. The Morgan fingerprint density at radius 3 is 1.05 bits per heavy atom. The van der Waals surface area contributed by atoms with Crippen LogP contribution in [0.4, 0.5) is 0 Å². The molecule has 368 valence electrons. The molecule has 9 aliphatic heterocycles. The van der Waals surface area contributed by atoms with E-state index in [-0.39, 0.29) is 19.8 Å². The molecule has 0 spiro atoms. The minimum absolute atomic E-state index is 0.0613. The number of hydrogen-bond donors (Lipinski definition) is 14. The molecular formula is C36H56O28. The largest absolute Gasteiger partial charge is 0.394 e. The van der Waals surface area contributed by atoms with E-state index < -0.39 is 204 Å². The first-order valence-corrected chi connectivity index (χ1v) is 21.0. The average molecular weight is 937 g/mol. The Hall–Kier alpha value is -1.12. The summed E-state index contributed by atoms with van der Waals surface area (Å²) >= 11 is 0. The molecule has 0 aromatic carbocycles. The fraction of sp³-hybridized carbons (Fsp3) is 1.00. The monoisotopic (exact) mass is 936 g/mol. The molecule has 9 aliphatic rings. The van der Waals surface area contributed by atoms with Crippen molar-refractivity contribution in [2.24, 2.45) is 0 Å². The van der Waals surface area contributed by atoms with Crippen molar-refractivity contribution in [1.29, 1.82) is 0 Å². The summed E-state index contributed by atoms with van der Waals surface area (Å²) in [6.45, 7) is -2.73. The molecule has 0 aromatic rings. The molecule has 30 atom stereocenters. The van der Waals surface area contributed by atoms with Crippen LogP contribution < -0.4 is 0 Å². The van der Waals surface area contributed by atoms with E-state index >= 15 is 0 Å². The van der Waals surface area contributed by atoms with E-state index in [0.29, 0.717) is 0 Å². The van der Waals surface area contributed by atoms with Crippen LogP contribution in [-0.2, 0) is 66.3 Å². The molecule has 0 aromatic heterocycles. The molecular weight excluding hydrogens is 880 g/mol. The zero-order valence-corrected chi connectivity index (χ0v) is 33.5. The lowest BCUT2D eigenvalue weighted by Crippen LogP contribution is -2.66. The van der Waals surface area contributed by atoms with Crippen molar-refractivity contribution in [3.63, 3.8) is 0 Å². The Balaban J connectivity index is 0.830. The Labute approximate surface area is 361 Å². The van der Waals surface area contributed by atoms with Crippen molar-refractivity contribution in [3.8, 4) is 0 Å².